The molecule has 0 saturated heterocycles. The molecule has 1 aromatic heterocycles. The van der Waals surface area contributed by atoms with Crippen molar-refractivity contribution in [2.24, 2.45) is 0 Å². The largest absolute Gasteiger partial charge is 0.478 e. The summed E-state index contributed by atoms with van der Waals surface area (Å²) in [5, 5.41) is 22.5. The first-order valence-corrected chi connectivity index (χ1v) is 6.57. The van der Waals surface area contributed by atoms with Crippen molar-refractivity contribution in [2.75, 3.05) is 11.9 Å². The Kier molecular flexibility index (Phi) is 4.20. The van der Waals surface area contributed by atoms with Gasteiger partial charge >= 0.3 is 5.97 Å². The number of aliphatic hydroxyl groups is 1. The molecule has 0 fully saturated rings. The van der Waals surface area contributed by atoms with E-state index in [2.05, 4.69) is 10.3 Å². The highest BCUT2D eigenvalue weighted by Crippen LogP contribution is 2.26. The summed E-state index contributed by atoms with van der Waals surface area (Å²) in [6, 6.07) is 6.89. The SMILES string of the molecule is CCC(CO)Nc1cc(C)nc2c(C(=O)O)cccc12. The number of carbonyl (C=O) groups is 1. The molecule has 0 aliphatic rings. The minimum atomic E-state index is -0.992. The number of pyridine rings is 1. The Balaban J connectivity index is 2.60. The third kappa shape index (κ3) is 2.72. The van der Waals surface area contributed by atoms with Gasteiger partial charge in [-0.3, -0.25) is 4.98 Å². The van der Waals surface area contributed by atoms with Gasteiger partial charge in [-0.05, 0) is 25.5 Å². The molecule has 2 aromatic rings. The number of carboxylic acids is 1. The molecule has 2 rings (SSSR count). The van der Waals surface area contributed by atoms with Crippen molar-refractivity contribution in [2.45, 2.75) is 26.3 Å². The van der Waals surface area contributed by atoms with E-state index in [1.165, 1.54) is 0 Å². The van der Waals surface area contributed by atoms with Crippen LogP contribution in [0.15, 0.2) is 24.3 Å². The van der Waals surface area contributed by atoms with Crippen LogP contribution in [-0.4, -0.2) is 33.8 Å². The standard InChI is InChI=1S/C15H18N2O3/c1-3-10(8-18)17-13-7-9(2)16-14-11(13)5-4-6-12(14)15(19)20/h4-7,10,18H,3,8H2,1-2H3,(H,16,17)(H,19,20). The number of rotatable bonds is 5. The number of anilines is 1. The second-order valence-corrected chi connectivity index (χ2v) is 4.75. The Morgan fingerprint density at radius 3 is 2.80 bits per heavy atom. The molecule has 0 aliphatic carbocycles. The first kappa shape index (κ1) is 14.3. The summed E-state index contributed by atoms with van der Waals surface area (Å²) in [4.78, 5) is 15.6. The number of nitrogens with zero attached hydrogens (tertiary/aromatic N) is 1. The minimum absolute atomic E-state index is 0.0258. The number of benzene rings is 1. The molecule has 0 aliphatic heterocycles. The summed E-state index contributed by atoms with van der Waals surface area (Å²) in [6.45, 7) is 3.83. The van der Waals surface area contributed by atoms with Crippen molar-refractivity contribution in [3.8, 4) is 0 Å². The number of aromatic carboxylic acids is 1. The van der Waals surface area contributed by atoms with E-state index >= 15 is 0 Å². The summed E-state index contributed by atoms with van der Waals surface area (Å²) in [6.07, 6.45) is 0.776. The van der Waals surface area contributed by atoms with Gasteiger partial charge in [0.05, 0.1) is 17.7 Å². The molecule has 1 aromatic carbocycles. The zero-order chi connectivity index (χ0) is 14.7. The number of aliphatic hydroxyl groups excluding tert-OH is 1. The fraction of sp³-hybridized carbons (Fsp3) is 0.333. The summed E-state index contributed by atoms with van der Waals surface area (Å²) >= 11 is 0. The van der Waals surface area contributed by atoms with E-state index in [-0.39, 0.29) is 18.2 Å². The molecule has 1 atom stereocenters. The topological polar surface area (TPSA) is 82.5 Å². The molecule has 0 radical (unpaired) electrons. The molecule has 5 heteroatoms. The predicted octanol–water partition coefficient (Wildman–Crippen LogP) is 2.42. The van der Waals surface area contributed by atoms with Crippen LogP contribution < -0.4 is 5.32 Å². The van der Waals surface area contributed by atoms with Crippen LogP contribution in [0.5, 0.6) is 0 Å². The summed E-state index contributed by atoms with van der Waals surface area (Å²) in [7, 11) is 0. The molecule has 20 heavy (non-hydrogen) atoms. The Bertz CT molecular complexity index is 636. The maximum Gasteiger partial charge on any atom is 0.337 e. The Labute approximate surface area is 117 Å². The van der Waals surface area contributed by atoms with Crippen LogP contribution in [0.1, 0.15) is 29.4 Å². The van der Waals surface area contributed by atoms with E-state index in [0.29, 0.717) is 5.52 Å². The van der Waals surface area contributed by atoms with Crippen molar-refractivity contribution >= 4 is 22.6 Å². The molecule has 1 heterocycles. The number of para-hydroxylation sites is 1. The van der Waals surface area contributed by atoms with Crippen molar-refractivity contribution < 1.29 is 15.0 Å². The van der Waals surface area contributed by atoms with Gasteiger partial charge in [0.15, 0.2) is 0 Å². The Morgan fingerprint density at radius 2 is 2.20 bits per heavy atom. The highest BCUT2D eigenvalue weighted by molar-refractivity contribution is 6.05. The normalized spacial score (nSPS) is 12.3. The lowest BCUT2D eigenvalue weighted by molar-refractivity contribution is 0.0699. The molecule has 5 nitrogen and oxygen atoms in total. The lowest BCUT2D eigenvalue weighted by atomic mass is 10.1. The average molecular weight is 274 g/mol. The minimum Gasteiger partial charge on any atom is -0.478 e. The lowest BCUT2D eigenvalue weighted by Gasteiger charge is -2.18. The Hall–Kier alpha value is -2.14. The molecule has 0 saturated carbocycles. The second-order valence-electron chi connectivity index (χ2n) is 4.75. The van der Waals surface area contributed by atoms with Gasteiger partial charge in [-0.25, -0.2) is 4.79 Å². The van der Waals surface area contributed by atoms with Crippen molar-refractivity contribution in [3.05, 3.63) is 35.5 Å². The third-order valence-corrected chi connectivity index (χ3v) is 3.27. The van der Waals surface area contributed by atoms with E-state index in [9.17, 15) is 15.0 Å². The van der Waals surface area contributed by atoms with Gasteiger partial charge < -0.3 is 15.5 Å². The zero-order valence-electron chi connectivity index (χ0n) is 11.6. The maximum absolute atomic E-state index is 11.3. The monoisotopic (exact) mass is 274 g/mol. The van der Waals surface area contributed by atoms with Gasteiger partial charge in [-0.2, -0.15) is 0 Å². The summed E-state index contributed by atoms with van der Waals surface area (Å²) in [5.74, 6) is -0.992. The van der Waals surface area contributed by atoms with Gasteiger partial charge in [0.1, 0.15) is 0 Å². The second kappa shape index (κ2) is 5.88. The first-order valence-electron chi connectivity index (χ1n) is 6.57. The number of fused-ring (bicyclic) bond motifs is 1. The quantitative estimate of drug-likeness (QED) is 0.780. The molecule has 0 bridgehead atoms. The first-order chi connectivity index (χ1) is 9.56. The van der Waals surface area contributed by atoms with Gasteiger partial charge in [0, 0.05) is 22.8 Å². The molecule has 1 unspecified atom stereocenters. The smallest absolute Gasteiger partial charge is 0.337 e. The molecule has 106 valence electrons. The zero-order valence-corrected chi connectivity index (χ0v) is 11.6. The summed E-state index contributed by atoms with van der Waals surface area (Å²) < 4.78 is 0. The van der Waals surface area contributed by atoms with Crippen LogP contribution in [0, 0.1) is 6.92 Å². The Morgan fingerprint density at radius 1 is 1.45 bits per heavy atom. The maximum atomic E-state index is 11.3. The van der Waals surface area contributed by atoms with Crippen LogP contribution in [0.25, 0.3) is 10.9 Å². The van der Waals surface area contributed by atoms with Gasteiger partial charge in [-0.1, -0.05) is 19.1 Å². The lowest BCUT2D eigenvalue weighted by Crippen LogP contribution is -2.22. The van der Waals surface area contributed by atoms with Gasteiger partial charge in [0.25, 0.3) is 0 Å². The van der Waals surface area contributed by atoms with Crippen LogP contribution in [0.4, 0.5) is 5.69 Å². The van der Waals surface area contributed by atoms with Crippen LogP contribution >= 0.6 is 0 Å². The van der Waals surface area contributed by atoms with Crippen LogP contribution in [0.3, 0.4) is 0 Å². The summed E-state index contributed by atoms with van der Waals surface area (Å²) in [5.41, 5.74) is 2.19. The van der Waals surface area contributed by atoms with E-state index < -0.39 is 5.97 Å². The molecular formula is C15H18N2O3. The predicted molar refractivity (Wildman–Crippen MR) is 78.2 cm³/mol. The number of aromatic nitrogens is 1. The molecule has 0 amide bonds. The van der Waals surface area contributed by atoms with E-state index in [4.69, 9.17) is 0 Å². The number of carboxylic acid groups (broad SMARTS) is 1. The highest BCUT2D eigenvalue weighted by atomic mass is 16.4. The van der Waals surface area contributed by atoms with Gasteiger partial charge in [0.2, 0.25) is 0 Å². The van der Waals surface area contributed by atoms with Crippen LogP contribution in [0.2, 0.25) is 0 Å². The molecule has 3 N–H and O–H groups in total. The number of hydrogen-bond donors (Lipinski definition) is 3. The third-order valence-electron chi connectivity index (χ3n) is 3.27. The fourth-order valence-electron chi connectivity index (χ4n) is 2.17. The van der Waals surface area contributed by atoms with E-state index in [0.717, 1.165) is 23.2 Å². The van der Waals surface area contributed by atoms with Crippen molar-refractivity contribution in [3.63, 3.8) is 0 Å². The average Bonchev–Trinajstić information content (AvgIpc) is 2.43. The molecular weight excluding hydrogens is 256 g/mol. The van der Waals surface area contributed by atoms with E-state index in [1.54, 1.807) is 12.1 Å². The number of aryl methyl sites for hydroxylation is 1. The van der Waals surface area contributed by atoms with Crippen LogP contribution in [-0.2, 0) is 0 Å². The number of hydrogen-bond acceptors (Lipinski definition) is 4. The fourth-order valence-corrected chi connectivity index (χ4v) is 2.17. The molecule has 0 spiro atoms. The van der Waals surface area contributed by atoms with Crippen molar-refractivity contribution in [1.29, 1.82) is 0 Å². The number of nitrogens with one attached hydrogen (secondary N) is 1. The van der Waals surface area contributed by atoms with Gasteiger partial charge in [-0.15, -0.1) is 0 Å². The van der Waals surface area contributed by atoms with Crippen molar-refractivity contribution in [1.82, 2.24) is 4.98 Å². The highest BCUT2D eigenvalue weighted by Gasteiger charge is 2.14. The van der Waals surface area contributed by atoms with E-state index in [1.807, 2.05) is 26.0 Å².